The third-order valence-corrected chi connectivity index (χ3v) is 2.97. The third-order valence-electron chi connectivity index (χ3n) is 2.77. The molecule has 0 fully saturated rings. The first kappa shape index (κ1) is 12.7. The van der Waals surface area contributed by atoms with Gasteiger partial charge in [0.15, 0.2) is 0 Å². The van der Waals surface area contributed by atoms with Gasteiger partial charge in [-0.2, -0.15) is 0 Å². The number of nitrogens with one attached hydrogen (secondary N) is 2. The zero-order valence-electron chi connectivity index (χ0n) is 10.3. The van der Waals surface area contributed by atoms with Gasteiger partial charge in [0.05, 0.1) is 11.1 Å². The Hall–Kier alpha value is -1.75. The van der Waals surface area contributed by atoms with Crippen LogP contribution in [0, 0.1) is 0 Å². The fourth-order valence-electron chi connectivity index (χ4n) is 1.81. The molecule has 96 valence electrons. The molecule has 0 saturated carbocycles. The van der Waals surface area contributed by atoms with Gasteiger partial charge in [0.2, 0.25) is 0 Å². The molecule has 0 bridgehead atoms. The van der Waals surface area contributed by atoms with E-state index in [0.717, 1.165) is 12.2 Å². The number of H-pyrrole nitrogens is 1. The number of aryl methyl sites for hydroxylation is 1. The summed E-state index contributed by atoms with van der Waals surface area (Å²) in [7, 11) is 1.79. The summed E-state index contributed by atoms with van der Waals surface area (Å²) in [4.78, 5) is 19.3. The van der Waals surface area contributed by atoms with Gasteiger partial charge in [-0.05, 0) is 12.5 Å². The van der Waals surface area contributed by atoms with Crippen molar-refractivity contribution in [3.63, 3.8) is 0 Å². The second-order valence-corrected chi connectivity index (χ2v) is 4.50. The summed E-state index contributed by atoms with van der Waals surface area (Å²) in [5.74, 6) is 0.596. The van der Waals surface area contributed by atoms with E-state index >= 15 is 0 Å². The zero-order chi connectivity index (χ0) is 13.1. The standard InChI is InChI=1S/C12H15ClN4O/c1-3-9(11-14-4-5-15-11)16-12(18)10-6-8(13)7-17(10)2/h4-7,9H,3H2,1-2H3,(H,14,15)(H,16,18). The topological polar surface area (TPSA) is 62.7 Å². The quantitative estimate of drug-likeness (QED) is 0.892. The van der Waals surface area contributed by atoms with Crippen LogP contribution in [0.3, 0.4) is 0 Å². The molecule has 5 nitrogen and oxygen atoms in total. The Morgan fingerprint density at radius 3 is 2.94 bits per heavy atom. The Balaban J connectivity index is 2.13. The number of aromatic nitrogens is 3. The fraction of sp³-hybridized carbons (Fsp3) is 0.333. The highest BCUT2D eigenvalue weighted by atomic mass is 35.5. The molecule has 2 aromatic rings. The van der Waals surface area contributed by atoms with Crippen LogP contribution in [0.1, 0.15) is 35.7 Å². The van der Waals surface area contributed by atoms with Crippen molar-refractivity contribution in [2.75, 3.05) is 0 Å². The SMILES string of the molecule is CCC(NC(=O)c1cc(Cl)cn1C)c1ncc[nH]1. The van der Waals surface area contributed by atoms with Crippen molar-refractivity contribution in [3.8, 4) is 0 Å². The lowest BCUT2D eigenvalue weighted by Gasteiger charge is -2.14. The molecule has 18 heavy (non-hydrogen) atoms. The van der Waals surface area contributed by atoms with E-state index in [1.54, 1.807) is 36.3 Å². The van der Waals surface area contributed by atoms with E-state index in [0.29, 0.717) is 10.7 Å². The van der Waals surface area contributed by atoms with Crippen molar-refractivity contribution in [1.29, 1.82) is 0 Å². The van der Waals surface area contributed by atoms with Crippen molar-refractivity contribution >= 4 is 17.5 Å². The Morgan fingerprint density at radius 1 is 1.67 bits per heavy atom. The summed E-state index contributed by atoms with van der Waals surface area (Å²) in [6, 6.07) is 1.52. The van der Waals surface area contributed by atoms with Gasteiger partial charge in [-0.3, -0.25) is 4.79 Å². The maximum atomic E-state index is 12.1. The van der Waals surface area contributed by atoms with E-state index in [1.807, 2.05) is 6.92 Å². The van der Waals surface area contributed by atoms with Crippen molar-refractivity contribution in [2.45, 2.75) is 19.4 Å². The second-order valence-electron chi connectivity index (χ2n) is 4.06. The summed E-state index contributed by atoms with van der Waals surface area (Å²) >= 11 is 5.86. The van der Waals surface area contributed by atoms with Gasteiger partial charge in [0.25, 0.3) is 5.91 Å². The second kappa shape index (κ2) is 5.27. The highest BCUT2D eigenvalue weighted by Gasteiger charge is 2.18. The predicted molar refractivity (Wildman–Crippen MR) is 69.5 cm³/mol. The average Bonchev–Trinajstić information content (AvgIpc) is 2.95. The van der Waals surface area contributed by atoms with Crippen LogP contribution < -0.4 is 5.32 Å². The molecule has 0 aliphatic heterocycles. The number of carbonyl (C=O) groups excluding carboxylic acids is 1. The van der Waals surface area contributed by atoms with Gasteiger partial charge in [0.1, 0.15) is 11.5 Å². The van der Waals surface area contributed by atoms with Crippen LogP contribution in [-0.4, -0.2) is 20.4 Å². The van der Waals surface area contributed by atoms with Gasteiger partial charge < -0.3 is 14.9 Å². The van der Waals surface area contributed by atoms with Crippen molar-refractivity contribution in [2.24, 2.45) is 7.05 Å². The molecule has 1 amide bonds. The summed E-state index contributed by atoms with van der Waals surface area (Å²) in [6.07, 6.45) is 5.87. The lowest BCUT2D eigenvalue weighted by atomic mass is 10.2. The van der Waals surface area contributed by atoms with E-state index in [-0.39, 0.29) is 11.9 Å². The van der Waals surface area contributed by atoms with Crippen LogP contribution in [0.25, 0.3) is 0 Å². The average molecular weight is 267 g/mol. The van der Waals surface area contributed by atoms with Crippen molar-refractivity contribution in [3.05, 3.63) is 41.2 Å². The lowest BCUT2D eigenvalue weighted by molar-refractivity contribution is 0.0925. The Labute approximate surface area is 110 Å². The van der Waals surface area contributed by atoms with Crippen LogP contribution in [0.4, 0.5) is 0 Å². The third kappa shape index (κ3) is 2.56. The number of rotatable bonds is 4. The largest absolute Gasteiger partial charge is 0.347 e. The molecular formula is C12H15ClN4O. The molecule has 0 aliphatic carbocycles. The molecule has 2 rings (SSSR count). The van der Waals surface area contributed by atoms with Crippen LogP contribution >= 0.6 is 11.6 Å². The maximum absolute atomic E-state index is 12.1. The first-order valence-corrected chi connectivity index (χ1v) is 6.11. The number of aromatic amines is 1. The highest BCUT2D eigenvalue weighted by Crippen LogP contribution is 2.16. The van der Waals surface area contributed by atoms with Crippen molar-refractivity contribution in [1.82, 2.24) is 19.9 Å². The number of halogens is 1. The minimum absolute atomic E-state index is 0.124. The molecule has 6 heteroatoms. The molecule has 0 aliphatic rings. The van der Waals surface area contributed by atoms with E-state index in [9.17, 15) is 4.79 Å². The molecule has 0 spiro atoms. The first-order valence-electron chi connectivity index (χ1n) is 5.73. The highest BCUT2D eigenvalue weighted by molar-refractivity contribution is 6.31. The summed E-state index contributed by atoms with van der Waals surface area (Å²) in [5, 5.41) is 3.48. The number of nitrogens with zero attached hydrogens (tertiary/aromatic N) is 2. The Kier molecular flexibility index (Phi) is 3.72. The first-order chi connectivity index (χ1) is 8.61. The lowest BCUT2D eigenvalue weighted by Crippen LogP contribution is -2.30. The van der Waals surface area contributed by atoms with Crippen molar-refractivity contribution < 1.29 is 4.79 Å². The molecular weight excluding hydrogens is 252 g/mol. The fourth-order valence-corrected chi connectivity index (χ4v) is 2.06. The molecule has 0 saturated heterocycles. The van der Waals surface area contributed by atoms with Gasteiger partial charge in [-0.25, -0.2) is 4.98 Å². The molecule has 0 aromatic carbocycles. The molecule has 2 aromatic heterocycles. The predicted octanol–water partition coefficient (Wildman–Crippen LogP) is 2.28. The number of imidazole rings is 1. The molecule has 2 N–H and O–H groups in total. The monoisotopic (exact) mass is 266 g/mol. The van der Waals surface area contributed by atoms with Gasteiger partial charge >= 0.3 is 0 Å². The minimum Gasteiger partial charge on any atom is -0.347 e. The number of carbonyl (C=O) groups is 1. The maximum Gasteiger partial charge on any atom is 0.268 e. The molecule has 2 heterocycles. The minimum atomic E-state index is -0.160. The normalized spacial score (nSPS) is 12.4. The van der Waals surface area contributed by atoms with Crippen LogP contribution in [0.5, 0.6) is 0 Å². The number of amides is 1. The smallest absolute Gasteiger partial charge is 0.268 e. The Bertz CT molecular complexity index is 532. The van der Waals surface area contributed by atoms with E-state index in [1.165, 1.54) is 0 Å². The Morgan fingerprint density at radius 2 is 2.44 bits per heavy atom. The van der Waals surface area contributed by atoms with Crippen LogP contribution in [0.15, 0.2) is 24.7 Å². The van der Waals surface area contributed by atoms with E-state index in [4.69, 9.17) is 11.6 Å². The summed E-state index contributed by atoms with van der Waals surface area (Å²) in [5.41, 5.74) is 0.532. The van der Waals surface area contributed by atoms with Crippen LogP contribution in [-0.2, 0) is 7.05 Å². The van der Waals surface area contributed by atoms with Crippen LogP contribution in [0.2, 0.25) is 5.02 Å². The van der Waals surface area contributed by atoms with Gasteiger partial charge in [-0.15, -0.1) is 0 Å². The number of hydrogen-bond acceptors (Lipinski definition) is 2. The van der Waals surface area contributed by atoms with Gasteiger partial charge in [-0.1, -0.05) is 18.5 Å². The van der Waals surface area contributed by atoms with E-state index < -0.39 is 0 Å². The van der Waals surface area contributed by atoms with Gasteiger partial charge in [0, 0.05) is 25.6 Å². The molecule has 1 unspecified atom stereocenters. The molecule has 0 radical (unpaired) electrons. The summed E-state index contributed by atoms with van der Waals surface area (Å²) in [6.45, 7) is 1.99. The zero-order valence-corrected chi connectivity index (χ0v) is 11.0. The number of hydrogen-bond donors (Lipinski definition) is 2. The van der Waals surface area contributed by atoms with E-state index in [2.05, 4.69) is 15.3 Å². The summed E-state index contributed by atoms with van der Waals surface area (Å²) < 4.78 is 1.70. The molecule has 1 atom stereocenters.